The summed E-state index contributed by atoms with van der Waals surface area (Å²) in [7, 11) is 0. The van der Waals surface area contributed by atoms with E-state index in [1.807, 2.05) is 5.32 Å². The third kappa shape index (κ3) is 4.02. The molecule has 29 heavy (non-hydrogen) atoms. The Balaban J connectivity index is 1.97. The maximum Gasteiger partial charge on any atom is 0.408 e. The number of aromatic nitrogens is 1. The Hall–Kier alpha value is -2.75. The number of nitrogens with two attached hydrogens (primary N) is 1. The summed E-state index contributed by atoms with van der Waals surface area (Å²) in [5.41, 5.74) is 6.34. The number of alkyl halides is 3. The molecule has 6 nitrogen and oxygen atoms in total. The number of rotatable bonds is 3. The quantitative estimate of drug-likeness (QED) is 0.728. The number of primary amides is 1. The molecule has 3 rings (SSSR count). The van der Waals surface area contributed by atoms with Crippen LogP contribution in [0.15, 0.2) is 24.3 Å². The number of benzene rings is 1. The van der Waals surface area contributed by atoms with E-state index in [4.69, 9.17) is 17.3 Å². The molecular formula is C18H17ClF4N4O2. The summed E-state index contributed by atoms with van der Waals surface area (Å²) in [5, 5.41) is 2.03. The van der Waals surface area contributed by atoms with Crippen molar-refractivity contribution in [1.29, 1.82) is 0 Å². The molecule has 1 aromatic heterocycles. The van der Waals surface area contributed by atoms with Crippen molar-refractivity contribution in [3.8, 4) is 11.1 Å². The Morgan fingerprint density at radius 1 is 1.28 bits per heavy atom. The SMILES string of the molecule is CC(NC(=O)N1CCn2c(Cl)c(-c3cccc(F)c3)c(C(N)=O)c2C1)C(F)(F)F. The molecule has 1 atom stereocenters. The first-order valence-electron chi connectivity index (χ1n) is 8.59. The molecule has 0 radical (unpaired) electrons. The van der Waals surface area contributed by atoms with Gasteiger partial charge in [-0.05, 0) is 24.6 Å². The fraction of sp³-hybridized carbons (Fsp3) is 0.333. The number of carbonyl (C=O) groups excluding carboxylic acids is 2. The molecular weight excluding hydrogens is 416 g/mol. The van der Waals surface area contributed by atoms with Crippen LogP contribution in [0, 0.1) is 5.82 Å². The number of nitrogens with zero attached hydrogens (tertiary/aromatic N) is 2. The average molecular weight is 433 g/mol. The normalized spacial score (nSPS) is 15.0. The van der Waals surface area contributed by atoms with E-state index < -0.39 is 30.0 Å². The zero-order chi connectivity index (χ0) is 21.5. The number of nitrogens with one attached hydrogen (secondary N) is 1. The van der Waals surface area contributed by atoms with Crippen molar-refractivity contribution >= 4 is 23.5 Å². The molecule has 0 saturated carbocycles. The van der Waals surface area contributed by atoms with E-state index in [1.165, 1.54) is 18.2 Å². The topological polar surface area (TPSA) is 80.4 Å². The molecule has 3 amide bonds. The molecule has 11 heteroatoms. The molecule has 2 aromatic rings. The van der Waals surface area contributed by atoms with E-state index in [2.05, 4.69) is 0 Å². The fourth-order valence-corrected chi connectivity index (χ4v) is 3.61. The van der Waals surface area contributed by atoms with Crippen molar-refractivity contribution in [3.63, 3.8) is 0 Å². The Morgan fingerprint density at radius 2 is 1.97 bits per heavy atom. The molecule has 0 saturated heterocycles. The van der Waals surface area contributed by atoms with Gasteiger partial charge in [0.15, 0.2) is 0 Å². The van der Waals surface area contributed by atoms with Crippen LogP contribution in [-0.2, 0) is 13.1 Å². The van der Waals surface area contributed by atoms with Crippen molar-refractivity contribution in [3.05, 3.63) is 46.5 Å². The highest BCUT2D eigenvalue weighted by Gasteiger charge is 2.39. The maximum atomic E-state index is 13.7. The summed E-state index contributed by atoms with van der Waals surface area (Å²) < 4.78 is 53.4. The Morgan fingerprint density at radius 3 is 2.55 bits per heavy atom. The summed E-state index contributed by atoms with van der Waals surface area (Å²) >= 11 is 6.41. The lowest BCUT2D eigenvalue weighted by atomic mass is 10.0. The predicted octanol–water partition coefficient (Wildman–Crippen LogP) is 3.52. The zero-order valence-corrected chi connectivity index (χ0v) is 15.9. The highest BCUT2D eigenvalue weighted by Crippen LogP contribution is 2.38. The lowest BCUT2D eigenvalue weighted by Crippen LogP contribution is -2.51. The van der Waals surface area contributed by atoms with Gasteiger partial charge < -0.3 is 20.5 Å². The summed E-state index contributed by atoms with van der Waals surface area (Å²) in [6.07, 6.45) is -4.59. The second-order valence-corrected chi connectivity index (χ2v) is 7.01. The number of hydrogen-bond donors (Lipinski definition) is 2. The van der Waals surface area contributed by atoms with E-state index in [9.17, 15) is 27.2 Å². The Labute approximate surface area is 168 Å². The van der Waals surface area contributed by atoms with E-state index in [-0.39, 0.29) is 41.6 Å². The molecule has 156 valence electrons. The standard InChI is InChI=1S/C18H17ClF4N4O2/c1-9(18(21,22)23)25-17(29)26-5-6-27-12(8-26)14(16(24)28)13(15(27)19)10-3-2-4-11(20)7-10/h2-4,7,9H,5-6,8H2,1H3,(H2,24,28)(H,25,29). The summed E-state index contributed by atoms with van der Waals surface area (Å²) in [6, 6.07) is 2.45. The number of hydrogen-bond acceptors (Lipinski definition) is 2. The van der Waals surface area contributed by atoms with Gasteiger partial charge in [0.2, 0.25) is 0 Å². The van der Waals surface area contributed by atoms with Crippen LogP contribution in [0.2, 0.25) is 5.15 Å². The van der Waals surface area contributed by atoms with Gasteiger partial charge in [-0.25, -0.2) is 9.18 Å². The van der Waals surface area contributed by atoms with Crippen molar-refractivity contribution < 1.29 is 27.2 Å². The number of urea groups is 1. The number of fused-ring (bicyclic) bond motifs is 1. The van der Waals surface area contributed by atoms with E-state index in [0.717, 1.165) is 11.8 Å². The summed E-state index contributed by atoms with van der Waals surface area (Å²) in [5.74, 6) is -1.38. The third-order valence-corrected chi connectivity index (χ3v) is 5.11. The van der Waals surface area contributed by atoms with Gasteiger partial charge in [0.05, 0.1) is 17.8 Å². The van der Waals surface area contributed by atoms with Crippen LogP contribution in [0.4, 0.5) is 22.4 Å². The molecule has 1 aliphatic rings. The molecule has 0 bridgehead atoms. The summed E-state index contributed by atoms with van der Waals surface area (Å²) in [6.45, 7) is 0.859. The minimum atomic E-state index is -4.59. The average Bonchev–Trinajstić information content (AvgIpc) is 2.93. The van der Waals surface area contributed by atoms with Gasteiger partial charge in [-0.15, -0.1) is 0 Å². The van der Waals surface area contributed by atoms with Gasteiger partial charge in [-0.3, -0.25) is 4.79 Å². The van der Waals surface area contributed by atoms with Gasteiger partial charge in [-0.2, -0.15) is 13.2 Å². The highest BCUT2D eigenvalue weighted by atomic mass is 35.5. The van der Waals surface area contributed by atoms with Gasteiger partial charge >= 0.3 is 12.2 Å². The second kappa shape index (κ2) is 7.58. The Kier molecular flexibility index (Phi) is 5.48. The zero-order valence-electron chi connectivity index (χ0n) is 15.2. The van der Waals surface area contributed by atoms with Crippen LogP contribution >= 0.6 is 11.6 Å². The molecule has 0 spiro atoms. The molecule has 1 unspecified atom stereocenters. The molecule has 0 fully saturated rings. The molecule has 2 heterocycles. The summed E-state index contributed by atoms with van der Waals surface area (Å²) in [4.78, 5) is 25.5. The van der Waals surface area contributed by atoms with Crippen LogP contribution in [0.5, 0.6) is 0 Å². The van der Waals surface area contributed by atoms with Crippen molar-refractivity contribution in [2.45, 2.75) is 32.2 Å². The van der Waals surface area contributed by atoms with Gasteiger partial charge in [0.25, 0.3) is 5.91 Å². The minimum absolute atomic E-state index is 0.00182. The lowest BCUT2D eigenvalue weighted by molar-refractivity contribution is -0.149. The molecule has 0 aliphatic carbocycles. The number of amides is 3. The van der Waals surface area contributed by atoms with Crippen LogP contribution < -0.4 is 11.1 Å². The molecule has 1 aliphatic heterocycles. The monoisotopic (exact) mass is 432 g/mol. The Bertz CT molecular complexity index is 974. The third-order valence-electron chi connectivity index (χ3n) is 4.72. The predicted molar refractivity (Wildman–Crippen MR) is 97.8 cm³/mol. The van der Waals surface area contributed by atoms with Gasteiger partial charge in [-0.1, -0.05) is 23.7 Å². The second-order valence-electron chi connectivity index (χ2n) is 6.65. The fourth-order valence-electron chi connectivity index (χ4n) is 3.22. The number of halogens is 5. The molecule has 1 aromatic carbocycles. The van der Waals surface area contributed by atoms with E-state index in [0.29, 0.717) is 5.56 Å². The highest BCUT2D eigenvalue weighted by molar-refractivity contribution is 6.33. The van der Waals surface area contributed by atoms with Crippen molar-refractivity contribution in [1.82, 2.24) is 14.8 Å². The molecule has 3 N–H and O–H groups in total. The van der Waals surface area contributed by atoms with Crippen molar-refractivity contribution in [2.75, 3.05) is 6.54 Å². The van der Waals surface area contributed by atoms with E-state index in [1.54, 1.807) is 10.6 Å². The van der Waals surface area contributed by atoms with Gasteiger partial charge in [0, 0.05) is 18.7 Å². The first kappa shape index (κ1) is 21.0. The number of carbonyl (C=O) groups is 2. The first-order chi connectivity index (χ1) is 13.5. The minimum Gasteiger partial charge on any atom is -0.366 e. The lowest BCUT2D eigenvalue weighted by Gasteiger charge is -2.31. The van der Waals surface area contributed by atoms with E-state index >= 15 is 0 Å². The first-order valence-corrected chi connectivity index (χ1v) is 8.97. The van der Waals surface area contributed by atoms with Crippen molar-refractivity contribution in [2.24, 2.45) is 5.73 Å². The maximum absolute atomic E-state index is 13.7. The van der Waals surface area contributed by atoms with Crippen LogP contribution in [0.3, 0.4) is 0 Å². The van der Waals surface area contributed by atoms with Gasteiger partial charge in [0.1, 0.15) is 17.0 Å². The van der Waals surface area contributed by atoms with Crippen LogP contribution in [0.1, 0.15) is 23.0 Å². The largest absolute Gasteiger partial charge is 0.408 e. The smallest absolute Gasteiger partial charge is 0.366 e. The van der Waals surface area contributed by atoms with Crippen LogP contribution in [-0.4, -0.2) is 40.2 Å². The van der Waals surface area contributed by atoms with Crippen LogP contribution in [0.25, 0.3) is 11.1 Å².